The van der Waals surface area contributed by atoms with Crippen molar-refractivity contribution in [3.8, 4) is 0 Å². The third-order valence-corrected chi connectivity index (χ3v) is 8.11. The Morgan fingerprint density at radius 1 is 0.615 bits per heavy atom. The molecule has 132 valence electrons. The lowest BCUT2D eigenvalue weighted by molar-refractivity contribution is 0.587. The fraction of sp³-hybridized carbons (Fsp3) is 0.250. The molecule has 2 heteroatoms. The van der Waals surface area contributed by atoms with Crippen molar-refractivity contribution in [2.24, 2.45) is 0 Å². The normalized spacial score (nSPS) is 15.7. The lowest BCUT2D eigenvalue weighted by Gasteiger charge is -2.39. The van der Waals surface area contributed by atoms with E-state index in [-0.39, 0.29) is 5.41 Å². The summed E-state index contributed by atoms with van der Waals surface area (Å²) in [6.07, 6.45) is 2.46. The number of thioether (sulfide) groups is 2. The van der Waals surface area contributed by atoms with Crippen LogP contribution in [0.5, 0.6) is 0 Å². The second kappa shape index (κ2) is 8.37. The van der Waals surface area contributed by atoms with Gasteiger partial charge in [0.1, 0.15) is 0 Å². The van der Waals surface area contributed by atoms with Crippen molar-refractivity contribution in [1.82, 2.24) is 0 Å². The van der Waals surface area contributed by atoms with Gasteiger partial charge in [0.2, 0.25) is 0 Å². The molecule has 0 spiro atoms. The molecule has 3 aromatic rings. The highest BCUT2D eigenvalue weighted by atomic mass is 32.2. The minimum absolute atomic E-state index is 0.105. The molecule has 0 aromatic heterocycles. The molecule has 1 saturated heterocycles. The van der Waals surface area contributed by atoms with Crippen LogP contribution in [0.3, 0.4) is 0 Å². The van der Waals surface area contributed by atoms with Crippen molar-refractivity contribution in [1.29, 1.82) is 0 Å². The van der Waals surface area contributed by atoms with E-state index in [0.717, 1.165) is 6.42 Å². The van der Waals surface area contributed by atoms with Gasteiger partial charge in [0.15, 0.2) is 0 Å². The lowest BCUT2D eigenvalue weighted by atomic mass is 9.67. The topological polar surface area (TPSA) is 0 Å². The molecule has 1 heterocycles. The van der Waals surface area contributed by atoms with Crippen LogP contribution >= 0.6 is 23.5 Å². The Kier molecular flexibility index (Phi) is 5.72. The summed E-state index contributed by atoms with van der Waals surface area (Å²) in [6, 6.07) is 33.2. The second-order valence-corrected chi connectivity index (χ2v) is 9.65. The smallest absolute Gasteiger partial charge is 0.0517 e. The van der Waals surface area contributed by atoms with Gasteiger partial charge >= 0.3 is 0 Å². The summed E-state index contributed by atoms with van der Waals surface area (Å²) in [6.45, 7) is 0. The molecule has 0 N–H and O–H groups in total. The third-order valence-electron chi connectivity index (χ3n) is 5.17. The van der Waals surface area contributed by atoms with Crippen molar-refractivity contribution in [2.45, 2.75) is 22.8 Å². The van der Waals surface area contributed by atoms with Gasteiger partial charge in [-0.3, -0.25) is 0 Å². The van der Waals surface area contributed by atoms with Gasteiger partial charge in [-0.2, -0.15) is 0 Å². The van der Waals surface area contributed by atoms with Crippen molar-refractivity contribution < 1.29 is 0 Å². The van der Waals surface area contributed by atoms with Crippen LogP contribution in [0.15, 0.2) is 91.0 Å². The first-order chi connectivity index (χ1) is 12.9. The fourth-order valence-electron chi connectivity index (χ4n) is 3.93. The SMILES string of the molecule is c1ccc(C(CC2SCCCS2)(c2ccccc2)c2ccccc2)cc1. The largest absolute Gasteiger partial charge is 0.148 e. The molecular formula is C24H24S2. The number of hydrogen-bond donors (Lipinski definition) is 0. The Bertz CT molecular complexity index is 697. The zero-order valence-corrected chi connectivity index (χ0v) is 16.5. The van der Waals surface area contributed by atoms with E-state index in [2.05, 4.69) is 115 Å². The molecule has 0 radical (unpaired) electrons. The van der Waals surface area contributed by atoms with Gasteiger partial charge in [-0.15, -0.1) is 23.5 Å². The maximum Gasteiger partial charge on any atom is 0.0517 e. The molecular weight excluding hydrogens is 352 g/mol. The van der Waals surface area contributed by atoms with Gasteiger partial charge in [-0.05, 0) is 41.0 Å². The predicted molar refractivity (Wildman–Crippen MR) is 117 cm³/mol. The van der Waals surface area contributed by atoms with E-state index in [1.54, 1.807) is 0 Å². The molecule has 0 atom stereocenters. The van der Waals surface area contributed by atoms with Crippen LogP contribution in [0, 0.1) is 0 Å². The first kappa shape index (κ1) is 17.8. The van der Waals surface area contributed by atoms with E-state index in [1.807, 2.05) is 0 Å². The second-order valence-electron chi connectivity index (χ2n) is 6.73. The Labute approximate surface area is 165 Å². The molecule has 1 fully saturated rings. The summed E-state index contributed by atoms with van der Waals surface area (Å²) in [4.78, 5) is 0. The summed E-state index contributed by atoms with van der Waals surface area (Å²) in [7, 11) is 0. The van der Waals surface area contributed by atoms with Crippen molar-refractivity contribution in [3.63, 3.8) is 0 Å². The zero-order chi connectivity index (χ0) is 17.7. The number of benzene rings is 3. The number of rotatable bonds is 5. The highest BCUT2D eigenvalue weighted by molar-refractivity contribution is 8.17. The molecule has 4 rings (SSSR count). The van der Waals surface area contributed by atoms with Crippen LogP contribution in [0.1, 0.15) is 29.5 Å². The van der Waals surface area contributed by atoms with Crippen molar-refractivity contribution in [3.05, 3.63) is 108 Å². The van der Waals surface area contributed by atoms with Crippen LogP contribution in [-0.4, -0.2) is 16.1 Å². The van der Waals surface area contributed by atoms with Gasteiger partial charge in [0.05, 0.1) is 4.58 Å². The molecule has 0 unspecified atom stereocenters. The van der Waals surface area contributed by atoms with E-state index in [0.29, 0.717) is 4.58 Å². The minimum atomic E-state index is -0.105. The molecule has 0 aliphatic carbocycles. The van der Waals surface area contributed by atoms with Crippen LogP contribution in [0.2, 0.25) is 0 Å². The molecule has 0 bridgehead atoms. The molecule has 26 heavy (non-hydrogen) atoms. The Hall–Kier alpha value is -1.64. The molecule has 3 aromatic carbocycles. The Morgan fingerprint density at radius 2 is 1.00 bits per heavy atom. The van der Waals surface area contributed by atoms with E-state index in [1.165, 1.54) is 34.6 Å². The zero-order valence-electron chi connectivity index (χ0n) is 14.9. The van der Waals surface area contributed by atoms with Crippen LogP contribution in [0.4, 0.5) is 0 Å². The van der Waals surface area contributed by atoms with Gasteiger partial charge in [0, 0.05) is 5.41 Å². The third kappa shape index (κ3) is 3.58. The Balaban J connectivity index is 1.90. The van der Waals surface area contributed by atoms with Crippen LogP contribution in [-0.2, 0) is 5.41 Å². The first-order valence-corrected chi connectivity index (χ1v) is 11.4. The van der Waals surface area contributed by atoms with Crippen molar-refractivity contribution in [2.75, 3.05) is 11.5 Å². The molecule has 0 saturated carbocycles. The fourth-order valence-corrected chi connectivity index (χ4v) is 6.95. The monoisotopic (exact) mass is 376 g/mol. The first-order valence-electron chi connectivity index (χ1n) is 9.29. The van der Waals surface area contributed by atoms with Crippen LogP contribution < -0.4 is 0 Å². The molecule has 1 aliphatic rings. The quantitative estimate of drug-likeness (QED) is 0.460. The van der Waals surface area contributed by atoms with Gasteiger partial charge in [0.25, 0.3) is 0 Å². The average molecular weight is 377 g/mol. The maximum absolute atomic E-state index is 2.30. The van der Waals surface area contributed by atoms with Gasteiger partial charge < -0.3 is 0 Å². The van der Waals surface area contributed by atoms with Gasteiger partial charge in [-0.1, -0.05) is 91.0 Å². The van der Waals surface area contributed by atoms with E-state index in [9.17, 15) is 0 Å². The van der Waals surface area contributed by atoms with E-state index < -0.39 is 0 Å². The summed E-state index contributed by atoms with van der Waals surface area (Å²) < 4.78 is 0.629. The molecule has 0 nitrogen and oxygen atoms in total. The van der Waals surface area contributed by atoms with Gasteiger partial charge in [-0.25, -0.2) is 0 Å². The maximum atomic E-state index is 2.30. The summed E-state index contributed by atoms with van der Waals surface area (Å²) >= 11 is 4.27. The molecule has 1 aliphatic heterocycles. The summed E-state index contributed by atoms with van der Waals surface area (Å²) in [5, 5.41) is 0. The van der Waals surface area contributed by atoms with Crippen LogP contribution in [0.25, 0.3) is 0 Å². The standard InChI is InChI=1S/C24H24S2/c1-4-11-20(12-5-1)24(21-13-6-2-7-14-21,22-15-8-3-9-16-22)19-23-25-17-10-18-26-23/h1-9,11-16,23H,10,17-19H2. The summed E-state index contributed by atoms with van der Waals surface area (Å²) in [5.41, 5.74) is 4.07. The summed E-state index contributed by atoms with van der Waals surface area (Å²) in [5.74, 6) is 2.57. The minimum Gasteiger partial charge on any atom is -0.148 e. The van der Waals surface area contributed by atoms with E-state index in [4.69, 9.17) is 0 Å². The highest BCUT2D eigenvalue weighted by Crippen LogP contribution is 2.48. The lowest BCUT2D eigenvalue weighted by Crippen LogP contribution is -2.33. The van der Waals surface area contributed by atoms with E-state index >= 15 is 0 Å². The predicted octanol–water partition coefficient (Wildman–Crippen LogP) is 6.61. The van der Waals surface area contributed by atoms with Crippen molar-refractivity contribution >= 4 is 23.5 Å². The highest BCUT2D eigenvalue weighted by Gasteiger charge is 2.39. The molecule has 0 amide bonds. The average Bonchev–Trinajstić information content (AvgIpc) is 2.75. The Morgan fingerprint density at radius 3 is 1.38 bits per heavy atom. The number of hydrogen-bond acceptors (Lipinski definition) is 2.